The Morgan fingerprint density at radius 1 is 0.338 bits per heavy atom. The van der Waals surface area contributed by atoms with Crippen LogP contribution in [0, 0.1) is 0 Å². The average molecular weight is 1100 g/mol. The van der Waals surface area contributed by atoms with E-state index in [1.807, 2.05) is 41.5 Å². The van der Waals surface area contributed by atoms with E-state index in [0.29, 0.717) is 32.7 Å². The summed E-state index contributed by atoms with van der Waals surface area (Å²) in [6.07, 6.45) is -3.09. The molecule has 26 heteroatoms. The van der Waals surface area contributed by atoms with Gasteiger partial charge < -0.3 is 76.1 Å². The monoisotopic (exact) mass is 1100 g/mol. The predicted octanol–water partition coefficient (Wildman–Crippen LogP) is 7.12. The minimum Gasteiger partial charge on any atom is -0.822 e. The molecule has 0 saturated carbocycles. The van der Waals surface area contributed by atoms with Crippen LogP contribution in [0.4, 0.5) is 28.8 Å². The molecule has 0 spiro atoms. The van der Waals surface area contributed by atoms with Crippen LogP contribution in [0.3, 0.4) is 0 Å². The number of quaternary nitrogens is 3. The summed E-state index contributed by atoms with van der Waals surface area (Å²) in [7, 11) is -5.39. The average Bonchev–Trinajstić information content (AvgIpc) is 3.27. The van der Waals surface area contributed by atoms with E-state index in [-0.39, 0.29) is 76.6 Å². The summed E-state index contributed by atoms with van der Waals surface area (Å²) in [5.41, 5.74) is 0. The Morgan fingerprint density at radius 2 is 0.486 bits per heavy atom. The number of nitrogens with zero attached hydrogens (tertiary/aromatic N) is 3. The maximum absolute atomic E-state index is 11.5. The fraction of sp³-hybridized carbons (Fsp3) is 0.875. The second-order valence-electron chi connectivity index (χ2n) is 18.5. The van der Waals surface area contributed by atoms with Crippen LogP contribution in [0.1, 0.15) is 144 Å². The van der Waals surface area contributed by atoms with Crippen molar-refractivity contribution in [1.82, 2.24) is 0 Å². The molecule has 0 aromatic rings. The third-order valence-electron chi connectivity index (χ3n) is 10.4. The normalized spacial score (nSPS) is 11.5. The minimum atomic E-state index is -5.39. The summed E-state index contributed by atoms with van der Waals surface area (Å²) < 4.78 is 70.6. The van der Waals surface area contributed by atoms with Gasteiger partial charge in [0.25, 0.3) is 0 Å². The quantitative estimate of drug-likeness (QED) is 0.0173. The van der Waals surface area contributed by atoms with Crippen LogP contribution in [0.15, 0.2) is 0 Å². The van der Waals surface area contributed by atoms with Crippen LogP contribution in [-0.4, -0.2) is 186 Å². The molecular formula is C48H96N3O22P. The predicted molar refractivity (Wildman–Crippen MR) is 265 cm³/mol. The Hall–Kier alpha value is -4.39. The van der Waals surface area contributed by atoms with Crippen molar-refractivity contribution in [1.29, 1.82) is 0 Å². The van der Waals surface area contributed by atoms with E-state index in [4.69, 9.17) is 76.1 Å². The standard InChI is InChI=1S/3C16H32NO6.H3O4P/c3*1-7-17(8-2,12-21-16(19)23-14(5)6)10-9-11-20-15(18)22-13(3)4;1-5(2,3)4/h3*13-14H,7-12H2,1-6H3;(H3,1,2,3,4)/q3*+1;/p-3. The van der Waals surface area contributed by atoms with Gasteiger partial charge >= 0.3 is 36.9 Å². The number of carbonyl (C=O) groups excluding carboxylic acids is 6. The second kappa shape index (κ2) is 42.8. The number of hydrogen-bond donors (Lipinski definition) is 0. The zero-order chi connectivity index (χ0) is 58.1. The van der Waals surface area contributed by atoms with Crippen LogP contribution in [0.5, 0.6) is 0 Å². The Bertz CT molecular complexity index is 1380. The van der Waals surface area contributed by atoms with E-state index in [2.05, 4.69) is 0 Å². The highest BCUT2D eigenvalue weighted by molar-refractivity contribution is 7.40. The van der Waals surface area contributed by atoms with Crippen molar-refractivity contribution < 1.29 is 118 Å². The van der Waals surface area contributed by atoms with Gasteiger partial charge in [0.1, 0.15) is 19.8 Å². The molecule has 440 valence electrons. The molecule has 0 aliphatic carbocycles. The molecule has 0 unspecified atom stereocenters. The van der Waals surface area contributed by atoms with Gasteiger partial charge in [0.15, 0.2) is 0 Å². The van der Waals surface area contributed by atoms with Crippen molar-refractivity contribution in [3.63, 3.8) is 0 Å². The van der Waals surface area contributed by atoms with Gasteiger partial charge in [-0.1, -0.05) is 0 Å². The molecule has 0 N–H and O–H groups in total. The van der Waals surface area contributed by atoms with Gasteiger partial charge in [-0.15, -0.1) is 0 Å². The van der Waals surface area contributed by atoms with Gasteiger partial charge in [-0.3, -0.25) is 13.4 Å². The number of rotatable bonds is 30. The first-order valence-corrected chi connectivity index (χ1v) is 27.0. The highest BCUT2D eigenvalue weighted by Gasteiger charge is 2.28. The number of phosphoric acid groups is 1. The molecule has 0 atom stereocenters. The summed E-state index contributed by atoms with van der Waals surface area (Å²) in [6, 6.07) is 0. The Morgan fingerprint density at radius 3 is 0.622 bits per heavy atom. The van der Waals surface area contributed by atoms with Crippen molar-refractivity contribution in [3.05, 3.63) is 0 Å². The zero-order valence-corrected chi connectivity index (χ0v) is 48.9. The maximum Gasteiger partial charge on any atom is 0.512 e. The molecule has 0 heterocycles. The van der Waals surface area contributed by atoms with Gasteiger partial charge in [-0.2, -0.15) is 7.82 Å². The molecular weight excluding hydrogens is 1000 g/mol. The van der Waals surface area contributed by atoms with E-state index in [0.717, 1.165) is 58.9 Å². The molecule has 0 saturated heterocycles. The lowest BCUT2D eigenvalue weighted by Gasteiger charge is -2.36. The smallest absolute Gasteiger partial charge is 0.512 e. The lowest BCUT2D eigenvalue weighted by Crippen LogP contribution is -2.50. The maximum atomic E-state index is 11.5. The second-order valence-corrected chi connectivity index (χ2v) is 19.4. The minimum absolute atomic E-state index is 0.191. The molecule has 0 aromatic carbocycles. The summed E-state index contributed by atoms with van der Waals surface area (Å²) in [4.78, 5) is 94.1. The van der Waals surface area contributed by atoms with E-state index in [1.54, 1.807) is 83.1 Å². The van der Waals surface area contributed by atoms with E-state index in [1.165, 1.54) is 0 Å². The van der Waals surface area contributed by atoms with Crippen LogP contribution in [0.2, 0.25) is 0 Å². The highest BCUT2D eigenvalue weighted by atomic mass is 31.2. The van der Waals surface area contributed by atoms with Crippen LogP contribution < -0.4 is 14.7 Å². The Balaban J connectivity index is -0.000000473. The fourth-order valence-electron chi connectivity index (χ4n) is 5.95. The van der Waals surface area contributed by atoms with E-state index < -0.39 is 44.8 Å². The van der Waals surface area contributed by atoms with Crippen molar-refractivity contribution in [3.8, 4) is 0 Å². The lowest BCUT2D eigenvalue weighted by molar-refractivity contribution is -0.940. The molecule has 0 bridgehead atoms. The van der Waals surface area contributed by atoms with Crippen molar-refractivity contribution in [2.24, 2.45) is 0 Å². The molecule has 0 aliphatic heterocycles. The molecule has 74 heavy (non-hydrogen) atoms. The van der Waals surface area contributed by atoms with Gasteiger partial charge in [0, 0.05) is 19.3 Å². The van der Waals surface area contributed by atoms with Gasteiger partial charge in [-0.25, -0.2) is 28.8 Å². The van der Waals surface area contributed by atoms with Crippen molar-refractivity contribution >= 4 is 44.8 Å². The SMILES string of the molecule is CC[N+](CC)(CCCOC(=O)OC(C)C)COC(=O)OC(C)C.CC[N+](CC)(CCCOC(=O)OC(C)C)COC(=O)OC(C)C.CC[N+](CC)(CCCOC(=O)OC(C)C)COC(=O)OC(C)C.O=P([O-])([O-])[O-]. The van der Waals surface area contributed by atoms with Gasteiger partial charge in [0.2, 0.25) is 20.2 Å². The lowest BCUT2D eigenvalue weighted by atomic mass is 10.3. The molecule has 0 rings (SSSR count). The number of carbonyl (C=O) groups is 6. The zero-order valence-electron chi connectivity index (χ0n) is 48.0. The summed E-state index contributed by atoms with van der Waals surface area (Å²) in [6.45, 7) is 42.1. The topological polar surface area (TPSA) is 299 Å². The van der Waals surface area contributed by atoms with E-state index in [9.17, 15) is 28.8 Å². The molecule has 0 aliphatic rings. The first kappa shape index (κ1) is 76.1. The first-order chi connectivity index (χ1) is 34.2. The van der Waals surface area contributed by atoms with Crippen molar-refractivity contribution in [2.75, 3.05) is 98.9 Å². The Labute approximate surface area is 441 Å². The molecule has 0 aromatic heterocycles. The van der Waals surface area contributed by atoms with E-state index >= 15 is 0 Å². The van der Waals surface area contributed by atoms with Crippen LogP contribution in [0.25, 0.3) is 0 Å². The summed E-state index contributed by atoms with van der Waals surface area (Å²) >= 11 is 0. The van der Waals surface area contributed by atoms with Gasteiger partial charge in [-0.05, 0) is 125 Å². The number of ether oxygens (including phenoxy) is 12. The summed E-state index contributed by atoms with van der Waals surface area (Å²) in [5.74, 6) is 0. The van der Waals surface area contributed by atoms with Gasteiger partial charge in [0.05, 0.1) is 95.5 Å². The molecule has 0 fully saturated rings. The fourth-order valence-corrected chi connectivity index (χ4v) is 5.95. The highest BCUT2D eigenvalue weighted by Crippen LogP contribution is 2.13. The molecule has 0 amide bonds. The largest absolute Gasteiger partial charge is 0.822 e. The van der Waals surface area contributed by atoms with Crippen molar-refractivity contribution in [2.45, 2.75) is 181 Å². The first-order valence-electron chi connectivity index (χ1n) is 25.5. The number of hydrogen-bond acceptors (Lipinski definition) is 22. The molecule has 0 radical (unpaired) electrons. The van der Waals surface area contributed by atoms with Crippen LogP contribution >= 0.6 is 7.82 Å². The van der Waals surface area contributed by atoms with Crippen LogP contribution in [-0.2, 0) is 61.4 Å². The third-order valence-corrected chi connectivity index (χ3v) is 10.4. The Kier molecular flexibility index (Phi) is 44.0. The third kappa shape index (κ3) is 47.3. The molecule has 25 nitrogen and oxygen atoms in total. The summed E-state index contributed by atoms with van der Waals surface area (Å²) in [5, 5.41) is 0.